The largest absolute Gasteiger partial charge is 0.452 e. The molecular formula is C16H12ClFN2O5. The summed E-state index contributed by atoms with van der Waals surface area (Å²) in [7, 11) is 0. The highest BCUT2D eigenvalue weighted by Gasteiger charge is 2.22. The standard InChI is InChI=1S/C16H12ClFN2O5/c17-11-5-6-12(14(7-11)20(23)24)16(22)25-9-15(21)19-8-10-3-1-2-4-13(10)18/h1-7H,8-9H2,(H,19,21). The average Bonchev–Trinajstić information content (AvgIpc) is 2.58. The van der Waals surface area contributed by atoms with E-state index in [4.69, 9.17) is 16.3 Å². The number of carbonyl (C=O) groups is 2. The molecular weight excluding hydrogens is 355 g/mol. The van der Waals surface area contributed by atoms with Crippen LogP contribution in [0.1, 0.15) is 15.9 Å². The summed E-state index contributed by atoms with van der Waals surface area (Å²) in [6, 6.07) is 9.32. The summed E-state index contributed by atoms with van der Waals surface area (Å²) in [5.41, 5.74) is -0.573. The Labute approximate surface area is 146 Å². The first kappa shape index (κ1) is 18.3. The molecule has 0 saturated heterocycles. The van der Waals surface area contributed by atoms with Crippen molar-refractivity contribution in [3.8, 4) is 0 Å². The van der Waals surface area contributed by atoms with Gasteiger partial charge in [0.15, 0.2) is 6.61 Å². The molecule has 0 aliphatic carbocycles. The highest BCUT2D eigenvalue weighted by Crippen LogP contribution is 2.23. The number of benzene rings is 2. The van der Waals surface area contributed by atoms with Gasteiger partial charge < -0.3 is 10.1 Å². The van der Waals surface area contributed by atoms with E-state index in [1.807, 2.05) is 0 Å². The van der Waals surface area contributed by atoms with Crippen molar-refractivity contribution in [3.63, 3.8) is 0 Å². The van der Waals surface area contributed by atoms with Gasteiger partial charge in [-0.2, -0.15) is 0 Å². The molecule has 1 amide bonds. The quantitative estimate of drug-likeness (QED) is 0.481. The molecule has 0 fully saturated rings. The number of rotatable bonds is 6. The molecule has 0 spiro atoms. The van der Waals surface area contributed by atoms with Gasteiger partial charge in [0.1, 0.15) is 11.4 Å². The normalized spacial score (nSPS) is 10.2. The number of nitro groups is 1. The Morgan fingerprint density at radius 2 is 1.96 bits per heavy atom. The van der Waals surface area contributed by atoms with Crippen molar-refractivity contribution in [1.82, 2.24) is 5.32 Å². The van der Waals surface area contributed by atoms with E-state index in [0.29, 0.717) is 0 Å². The molecule has 2 aromatic rings. The van der Waals surface area contributed by atoms with Gasteiger partial charge in [0.05, 0.1) is 4.92 Å². The summed E-state index contributed by atoms with van der Waals surface area (Å²) >= 11 is 5.65. The molecule has 9 heteroatoms. The molecule has 0 heterocycles. The molecule has 130 valence electrons. The molecule has 0 bridgehead atoms. The fourth-order valence-corrected chi connectivity index (χ4v) is 2.09. The lowest BCUT2D eigenvalue weighted by atomic mass is 10.2. The Bertz CT molecular complexity index is 828. The molecule has 2 aromatic carbocycles. The van der Waals surface area contributed by atoms with Crippen LogP contribution >= 0.6 is 11.6 Å². The lowest BCUT2D eigenvalue weighted by Gasteiger charge is -2.08. The zero-order valence-corrected chi connectivity index (χ0v) is 13.5. The van der Waals surface area contributed by atoms with Crippen LogP contribution in [0, 0.1) is 15.9 Å². The van der Waals surface area contributed by atoms with Crippen molar-refractivity contribution in [2.75, 3.05) is 6.61 Å². The molecule has 2 rings (SSSR count). The summed E-state index contributed by atoms with van der Waals surface area (Å²) < 4.78 is 18.2. The van der Waals surface area contributed by atoms with E-state index in [1.165, 1.54) is 24.3 Å². The molecule has 0 radical (unpaired) electrons. The molecule has 0 unspecified atom stereocenters. The number of ether oxygens (including phenoxy) is 1. The third-order valence-corrected chi connectivity index (χ3v) is 3.38. The number of nitro benzene ring substituents is 1. The molecule has 0 aliphatic rings. The van der Waals surface area contributed by atoms with Crippen molar-refractivity contribution in [1.29, 1.82) is 0 Å². The van der Waals surface area contributed by atoms with Crippen molar-refractivity contribution in [2.45, 2.75) is 6.54 Å². The summed E-state index contributed by atoms with van der Waals surface area (Å²) in [5.74, 6) is -2.19. The zero-order valence-electron chi connectivity index (χ0n) is 12.7. The highest BCUT2D eigenvalue weighted by atomic mass is 35.5. The Morgan fingerprint density at radius 3 is 2.64 bits per heavy atom. The maximum absolute atomic E-state index is 13.4. The number of carbonyl (C=O) groups excluding carboxylic acids is 2. The van der Waals surface area contributed by atoms with Gasteiger partial charge in [-0.15, -0.1) is 0 Å². The summed E-state index contributed by atoms with van der Waals surface area (Å²) in [4.78, 5) is 33.7. The van der Waals surface area contributed by atoms with Crippen molar-refractivity contribution < 1.29 is 23.6 Å². The number of amides is 1. The van der Waals surface area contributed by atoms with Crippen molar-refractivity contribution in [2.24, 2.45) is 0 Å². The Balaban J connectivity index is 1.93. The summed E-state index contributed by atoms with van der Waals surface area (Å²) in [6.07, 6.45) is 0. The molecule has 0 saturated carbocycles. The molecule has 25 heavy (non-hydrogen) atoms. The van der Waals surface area contributed by atoms with Gasteiger partial charge in [-0.1, -0.05) is 29.8 Å². The van der Waals surface area contributed by atoms with Crippen LogP contribution in [0.4, 0.5) is 10.1 Å². The van der Waals surface area contributed by atoms with Gasteiger partial charge in [0.2, 0.25) is 0 Å². The highest BCUT2D eigenvalue weighted by molar-refractivity contribution is 6.31. The molecule has 7 nitrogen and oxygen atoms in total. The lowest BCUT2D eigenvalue weighted by molar-refractivity contribution is -0.385. The van der Waals surface area contributed by atoms with Gasteiger partial charge in [0.25, 0.3) is 11.6 Å². The van der Waals surface area contributed by atoms with Gasteiger partial charge in [-0.25, -0.2) is 9.18 Å². The van der Waals surface area contributed by atoms with Crippen LogP contribution < -0.4 is 5.32 Å². The number of nitrogens with zero attached hydrogens (tertiary/aromatic N) is 1. The van der Waals surface area contributed by atoms with Crippen molar-refractivity contribution in [3.05, 3.63) is 74.5 Å². The monoisotopic (exact) mass is 366 g/mol. The summed E-state index contributed by atoms with van der Waals surface area (Å²) in [5, 5.41) is 13.4. The second-order valence-electron chi connectivity index (χ2n) is 4.86. The SMILES string of the molecule is O=C(COC(=O)c1ccc(Cl)cc1[N+](=O)[O-])NCc1ccccc1F. The topological polar surface area (TPSA) is 98.5 Å². The van der Waals surface area contributed by atoms with E-state index in [0.717, 1.165) is 12.1 Å². The molecule has 0 aromatic heterocycles. The van der Waals surface area contributed by atoms with Gasteiger partial charge in [-0.05, 0) is 18.2 Å². The molecule has 0 atom stereocenters. The summed E-state index contributed by atoms with van der Waals surface area (Å²) in [6.45, 7) is -0.739. The Hall–Kier alpha value is -3.00. The fourth-order valence-electron chi connectivity index (χ4n) is 1.92. The van der Waals surface area contributed by atoms with Gasteiger partial charge in [0, 0.05) is 23.2 Å². The van der Waals surface area contributed by atoms with E-state index >= 15 is 0 Å². The van der Waals surface area contributed by atoms with E-state index in [9.17, 15) is 24.1 Å². The Kier molecular flexibility index (Phi) is 6.02. The fraction of sp³-hybridized carbons (Fsp3) is 0.125. The predicted molar refractivity (Wildman–Crippen MR) is 86.6 cm³/mol. The molecule has 0 aliphatic heterocycles. The minimum atomic E-state index is -1.04. The lowest BCUT2D eigenvalue weighted by Crippen LogP contribution is -2.28. The number of nitrogens with one attached hydrogen (secondary N) is 1. The smallest absolute Gasteiger partial charge is 0.345 e. The van der Waals surface area contributed by atoms with Crippen LogP contribution in [0.3, 0.4) is 0 Å². The van der Waals surface area contributed by atoms with E-state index < -0.39 is 34.9 Å². The maximum Gasteiger partial charge on any atom is 0.345 e. The number of halogens is 2. The minimum Gasteiger partial charge on any atom is -0.452 e. The van der Waals surface area contributed by atoms with Crippen LogP contribution in [0.2, 0.25) is 5.02 Å². The second-order valence-corrected chi connectivity index (χ2v) is 5.30. The minimum absolute atomic E-state index is 0.0792. The van der Waals surface area contributed by atoms with Gasteiger partial charge >= 0.3 is 5.97 Å². The molecule has 1 N–H and O–H groups in total. The van der Waals surface area contributed by atoms with Crippen molar-refractivity contribution >= 4 is 29.2 Å². The number of hydrogen-bond acceptors (Lipinski definition) is 5. The van der Waals surface area contributed by atoms with Crippen LogP contribution in [-0.2, 0) is 16.1 Å². The predicted octanol–water partition coefficient (Wildman–Crippen LogP) is 2.86. The Morgan fingerprint density at radius 1 is 1.24 bits per heavy atom. The van der Waals surface area contributed by atoms with Crippen LogP contribution in [0.15, 0.2) is 42.5 Å². The number of esters is 1. The van der Waals surface area contributed by atoms with E-state index in [2.05, 4.69) is 5.32 Å². The first-order valence-electron chi connectivity index (χ1n) is 6.99. The number of hydrogen-bond donors (Lipinski definition) is 1. The van der Waals surface area contributed by atoms with Gasteiger partial charge in [-0.3, -0.25) is 14.9 Å². The first-order valence-corrected chi connectivity index (χ1v) is 7.37. The van der Waals surface area contributed by atoms with E-state index in [1.54, 1.807) is 6.07 Å². The third-order valence-electron chi connectivity index (χ3n) is 3.14. The van der Waals surface area contributed by atoms with Crippen LogP contribution in [0.25, 0.3) is 0 Å². The zero-order chi connectivity index (χ0) is 18.4. The third kappa shape index (κ3) is 4.98. The van der Waals surface area contributed by atoms with E-state index in [-0.39, 0.29) is 22.7 Å². The van der Waals surface area contributed by atoms with Crippen LogP contribution in [0.5, 0.6) is 0 Å². The second kappa shape index (κ2) is 8.20. The van der Waals surface area contributed by atoms with Crippen LogP contribution in [-0.4, -0.2) is 23.4 Å². The first-order chi connectivity index (χ1) is 11.9. The average molecular weight is 367 g/mol. The maximum atomic E-state index is 13.4.